The van der Waals surface area contributed by atoms with Crippen LogP contribution in [0.4, 0.5) is 0 Å². The Balaban J connectivity index is 2.39. The molecule has 4 heteroatoms. The predicted molar refractivity (Wildman–Crippen MR) is 85.9 cm³/mol. The third kappa shape index (κ3) is 6.06. The van der Waals surface area contributed by atoms with Gasteiger partial charge in [-0.3, -0.25) is 0 Å². The minimum Gasteiger partial charge on any atom is -0.317 e. The van der Waals surface area contributed by atoms with Crippen molar-refractivity contribution in [2.45, 2.75) is 45.6 Å². The van der Waals surface area contributed by atoms with Gasteiger partial charge in [0, 0.05) is 11.8 Å². The van der Waals surface area contributed by atoms with Gasteiger partial charge in [0.25, 0.3) is 0 Å². The zero-order valence-electron chi connectivity index (χ0n) is 12.9. The van der Waals surface area contributed by atoms with Gasteiger partial charge in [-0.25, -0.2) is 8.42 Å². The minimum absolute atomic E-state index is 0.250. The number of hydrogen-bond acceptors (Lipinski definition) is 3. The number of benzene rings is 1. The van der Waals surface area contributed by atoms with Gasteiger partial charge in [0.1, 0.15) is 9.84 Å². The lowest BCUT2D eigenvalue weighted by Gasteiger charge is -2.16. The van der Waals surface area contributed by atoms with Gasteiger partial charge in [-0.15, -0.1) is 0 Å². The second kappa shape index (κ2) is 8.42. The molecule has 0 saturated carbocycles. The molecule has 0 bridgehead atoms. The van der Waals surface area contributed by atoms with Crippen LogP contribution in [-0.4, -0.2) is 33.0 Å². The lowest BCUT2D eigenvalue weighted by Crippen LogP contribution is -2.26. The highest BCUT2D eigenvalue weighted by molar-refractivity contribution is 7.91. The average molecular weight is 297 g/mol. The summed E-state index contributed by atoms with van der Waals surface area (Å²) in [5.74, 6) is 0.562. The van der Waals surface area contributed by atoms with E-state index >= 15 is 0 Å². The van der Waals surface area contributed by atoms with Crippen molar-refractivity contribution in [2.75, 3.05) is 18.6 Å². The molecule has 114 valence electrons. The minimum atomic E-state index is -2.82. The van der Waals surface area contributed by atoms with Crippen LogP contribution in [0.3, 0.4) is 0 Å². The summed E-state index contributed by atoms with van der Waals surface area (Å²) in [6.45, 7) is 3.85. The zero-order chi connectivity index (χ0) is 15.0. The summed E-state index contributed by atoms with van der Waals surface area (Å²) in [7, 11) is -0.870. The molecule has 0 aliphatic rings. The van der Waals surface area contributed by atoms with Gasteiger partial charge in [0.15, 0.2) is 0 Å². The number of sulfone groups is 1. The highest BCUT2D eigenvalue weighted by Gasteiger charge is 2.11. The van der Waals surface area contributed by atoms with E-state index in [1.165, 1.54) is 11.1 Å². The molecule has 0 heterocycles. The van der Waals surface area contributed by atoms with Crippen LogP contribution < -0.4 is 5.32 Å². The summed E-state index contributed by atoms with van der Waals surface area (Å²) in [5.41, 5.74) is 2.71. The summed E-state index contributed by atoms with van der Waals surface area (Å²) >= 11 is 0. The SMILES string of the molecule is CCS(=O)(=O)CCCC(CCc1ccccc1C)NC. The number of nitrogens with one attached hydrogen (secondary N) is 1. The van der Waals surface area contributed by atoms with Crippen molar-refractivity contribution in [3.63, 3.8) is 0 Å². The van der Waals surface area contributed by atoms with Gasteiger partial charge < -0.3 is 5.32 Å². The molecule has 3 nitrogen and oxygen atoms in total. The molecule has 1 unspecified atom stereocenters. The van der Waals surface area contributed by atoms with E-state index in [9.17, 15) is 8.42 Å². The molecule has 20 heavy (non-hydrogen) atoms. The van der Waals surface area contributed by atoms with Crippen LogP contribution in [0.25, 0.3) is 0 Å². The van der Waals surface area contributed by atoms with Gasteiger partial charge in [-0.2, -0.15) is 0 Å². The fourth-order valence-electron chi connectivity index (χ4n) is 2.35. The van der Waals surface area contributed by atoms with Crippen LogP contribution >= 0.6 is 0 Å². The van der Waals surface area contributed by atoms with Crippen molar-refractivity contribution >= 4 is 9.84 Å². The van der Waals surface area contributed by atoms with Crippen molar-refractivity contribution in [1.29, 1.82) is 0 Å². The number of aryl methyl sites for hydroxylation is 2. The molecule has 1 aromatic rings. The number of rotatable bonds is 9. The molecular weight excluding hydrogens is 270 g/mol. The molecule has 0 aliphatic carbocycles. The van der Waals surface area contributed by atoms with E-state index in [-0.39, 0.29) is 5.75 Å². The Kier molecular flexibility index (Phi) is 7.24. The summed E-state index contributed by atoms with van der Waals surface area (Å²) in [6, 6.07) is 8.83. The highest BCUT2D eigenvalue weighted by Crippen LogP contribution is 2.13. The Morgan fingerprint density at radius 1 is 1.20 bits per heavy atom. The number of hydrogen-bond donors (Lipinski definition) is 1. The van der Waals surface area contributed by atoms with Crippen LogP contribution in [-0.2, 0) is 16.3 Å². The first kappa shape index (κ1) is 17.2. The fraction of sp³-hybridized carbons (Fsp3) is 0.625. The molecule has 0 aromatic heterocycles. The monoisotopic (exact) mass is 297 g/mol. The zero-order valence-corrected chi connectivity index (χ0v) is 13.7. The molecule has 0 fully saturated rings. The molecule has 0 saturated heterocycles. The molecule has 1 atom stereocenters. The van der Waals surface area contributed by atoms with Crippen LogP contribution in [0.2, 0.25) is 0 Å². The second-order valence-electron chi connectivity index (χ2n) is 5.33. The Morgan fingerprint density at radius 3 is 2.50 bits per heavy atom. The van der Waals surface area contributed by atoms with Gasteiger partial charge in [0.2, 0.25) is 0 Å². The first-order chi connectivity index (χ1) is 9.48. The summed E-state index contributed by atoms with van der Waals surface area (Å²) in [4.78, 5) is 0. The Bertz CT molecular complexity index is 497. The molecule has 0 radical (unpaired) electrons. The van der Waals surface area contributed by atoms with Crippen molar-refractivity contribution < 1.29 is 8.42 Å². The molecule has 0 spiro atoms. The predicted octanol–water partition coefficient (Wildman–Crippen LogP) is 2.73. The Labute approximate surface area is 123 Å². The van der Waals surface area contributed by atoms with Gasteiger partial charge in [-0.05, 0) is 50.8 Å². The Morgan fingerprint density at radius 2 is 1.90 bits per heavy atom. The Hall–Kier alpha value is -0.870. The third-order valence-corrected chi connectivity index (χ3v) is 5.67. The van der Waals surface area contributed by atoms with E-state index in [0.29, 0.717) is 11.8 Å². The third-order valence-electron chi connectivity index (χ3n) is 3.88. The van der Waals surface area contributed by atoms with E-state index in [4.69, 9.17) is 0 Å². The van der Waals surface area contributed by atoms with Crippen LogP contribution in [0, 0.1) is 6.92 Å². The normalized spacial score (nSPS) is 13.3. The second-order valence-corrected chi connectivity index (χ2v) is 7.80. The van der Waals surface area contributed by atoms with Gasteiger partial charge >= 0.3 is 0 Å². The standard InChI is InChI=1S/C16H27NO2S/c1-4-20(18,19)13-7-10-16(17-3)12-11-15-9-6-5-8-14(15)2/h5-6,8-9,16-17H,4,7,10-13H2,1-3H3. The van der Waals surface area contributed by atoms with Crippen LogP contribution in [0.1, 0.15) is 37.3 Å². The topological polar surface area (TPSA) is 46.2 Å². The van der Waals surface area contributed by atoms with Gasteiger partial charge in [0.05, 0.1) is 5.75 Å². The maximum atomic E-state index is 11.5. The smallest absolute Gasteiger partial charge is 0.150 e. The van der Waals surface area contributed by atoms with Crippen molar-refractivity contribution in [3.8, 4) is 0 Å². The lowest BCUT2D eigenvalue weighted by atomic mass is 9.99. The molecule has 1 rings (SSSR count). The molecule has 1 N–H and O–H groups in total. The van der Waals surface area contributed by atoms with E-state index < -0.39 is 9.84 Å². The van der Waals surface area contributed by atoms with Crippen LogP contribution in [0.15, 0.2) is 24.3 Å². The molecule has 0 amide bonds. The molecule has 0 aliphatic heterocycles. The van der Waals surface area contributed by atoms with Crippen molar-refractivity contribution in [1.82, 2.24) is 5.32 Å². The summed E-state index contributed by atoms with van der Waals surface area (Å²) < 4.78 is 22.9. The average Bonchev–Trinajstić information content (AvgIpc) is 2.44. The van der Waals surface area contributed by atoms with E-state index in [1.807, 2.05) is 7.05 Å². The maximum absolute atomic E-state index is 11.5. The van der Waals surface area contributed by atoms with E-state index in [1.54, 1.807) is 6.92 Å². The molecule has 1 aromatic carbocycles. The van der Waals surface area contributed by atoms with E-state index in [0.717, 1.165) is 25.7 Å². The van der Waals surface area contributed by atoms with Gasteiger partial charge in [-0.1, -0.05) is 31.2 Å². The summed E-state index contributed by atoms with van der Waals surface area (Å²) in [5, 5.41) is 3.30. The first-order valence-electron chi connectivity index (χ1n) is 7.40. The van der Waals surface area contributed by atoms with Crippen LogP contribution in [0.5, 0.6) is 0 Å². The highest BCUT2D eigenvalue weighted by atomic mass is 32.2. The first-order valence-corrected chi connectivity index (χ1v) is 9.23. The van der Waals surface area contributed by atoms with Crippen molar-refractivity contribution in [2.24, 2.45) is 0 Å². The summed E-state index contributed by atoms with van der Waals surface area (Å²) in [6.07, 6.45) is 3.75. The van der Waals surface area contributed by atoms with E-state index in [2.05, 4.69) is 36.5 Å². The van der Waals surface area contributed by atoms with Crippen molar-refractivity contribution in [3.05, 3.63) is 35.4 Å². The quantitative estimate of drug-likeness (QED) is 0.762. The molecular formula is C16H27NO2S. The fourth-order valence-corrected chi connectivity index (χ4v) is 3.24. The lowest BCUT2D eigenvalue weighted by molar-refractivity contribution is 0.482. The maximum Gasteiger partial charge on any atom is 0.150 e. The largest absolute Gasteiger partial charge is 0.317 e.